The van der Waals surface area contributed by atoms with Gasteiger partial charge in [-0.15, -0.1) is 0 Å². The molecule has 7 rings (SSSR count). The molecule has 0 bridgehead atoms. The molecular formula is C44H56O2. The Bertz CT molecular complexity index is 1590. The van der Waals surface area contributed by atoms with E-state index in [1.807, 2.05) is 6.08 Å². The van der Waals surface area contributed by atoms with Gasteiger partial charge in [0.2, 0.25) is 0 Å². The number of fused-ring (bicyclic) bond motifs is 7. The van der Waals surface area contributed by atoms with E-state index in [0.29, 0.717) is 5.41 Å². The van der Waals surface area contributed by atoms with Gasteiger partial charge >= 0.3 is 5.97 Å². The van der Waals surface area contributed by atoms with Crippen molar-refractivity contribution in [3.05, 3.63) is 77.9 Å². The number of allylic oxidation sites excluding steroid dienone is 1. The van der Waals surface area contributed by atoms with Gasteiger partial charge in [0, 0.05) is 12.5 Å². The van der Waals surface area contributed by atoms with Gasteiger partial charge in [0.15, 0.2) is 0 Å². The lowest BCUT2D eigenvalue weighted by Crippen LogP contribution is -2.51. The summed E-state index contributed by atoms with van der Waals surface area (Å²) in [5.74, 6) is 4.86. The van der Waals surface area contributed by atoms with Crippen molar-refractivity contribution in [2.75, 3.05) is 0 Å². The first kappa shape index (κ1) is 31.7. The van der Waals surface area contributed by atoms with Crippen LogP contribution in [0.15, 0.2) is 72.3 Å². The van der Waals surface area contributed by atoms with Crippen LogP contribution < -0.4 is 0 Å². The highest BCUT2D eigenvalue weighted by Gasteiger charge is 2.59. The van der Waals surface area contributed by atoms with Crippen LogP contribution in [0.3, 0.4) is 0 Å². The van der Waals surface area contributed by atoms with Crippen molar-refractivity contribution in [1.29, 1.82) is 0 Å². The zero-order valence-corrected chi connectivity index (χ0v) is 29.1. The van der Waals surface area contributed by atoms with Crippen molar-refractivity contribution >= 4 is 33.6 Å². The van der Waals surface area contributed by atoms with Crippen LogP contribution in [-0.4, -0.2) is 12.1 Å². The second kappa shape index (κ2) is 12.6. The molecule has 244 valence electrons. The Morgan fingerprint density at radius 2 is 1.61 bits per heavy atom. The maximum absolute atomic E-state index is 13.2. The first-order valence-corrected chi connectivity index (χ1v) is 18.7. The number of carbonyl (C=O) groups is 1. The van der Waals surface area contributed by atoms with Gasteiger partial charge in [-0.2, -0.15) is 0 Å². The minimum atomic E-state index is -0.215. The second-order valence-corrected chi connectivity index (χ2v) is 16.7. The Balaban J connectivity index is 1.02. The lowest BCUT2D eigenvalue weighted by Gasteiger charge is -2.58. The van der Waals surface area contributed by atoms with Crippen LogP contribution in [0, 0.1) is 46.3 Å². The van der Waals surface area contributed by atoms with Crippen LogP contribution in [0.25, 0.3) is 27.6 Å². The van der Waals surface area contributed by atoms with Crippen LogP contribution in [0.1, 0.15) is 111 Å². The van der Waals surface area contributed by atoms with E-state index in [0.717, 1.165) is 60.3 Å². The minimum Gasteiger partial charge on any atom is -0.459 e. The van der Waals surface area contributed by atoms with Crippen molar-refractivity contribution in [2.24, 2.45) is 46.3 Å². The number of hydrogen-bond acceptors (Lipinski definition) is 2. The van der Waals surface area contributed by atoms with Crippen LogP contribution >= 0.6 is 0 Å². The van der Waals surface area contributed by atoms with E-state index in [4.69, 9.17) is 4.74 Å². The fraction of sp³-hybridized carbons (Fsp3) is 0.568. The van der Waals surface area contributed by atoms with Crippen molar-refractivity contribution in [1.82, 2.24) is 0 Å². The standard InChI is InChI=1S/C44H56O2/c1-29(2)11-10-12-30(3)39-20-21-40-38-18-17-33-28-34(23-25-43(33,4)41(38)24-26-44(39,40)5)46-42(45)22-19-37-35-15-8-6-13-31(35)27-32-14-7-9-16-36(32)37/h6-9,13-17,19,22,27,29-30,34,38-41H,10-12,18,20-21,23-26,28H2,1-5H3/b22-19+/t30-,34-,38+,39-,40+,41+,43+,44-/m1/s1. The third-order valence-electron chi connectivity index (χ3n) is 13.7. The SMILES string of the molecule is CC(C)CCC[C@@H](C)[C@H]1CC[C@H]2[C@@H]3CC=C4C[C@H](OC(=O)/C=C/c5c6ccccc6cc6ccccc56)CC[C@]4(C)[C@H]3CC[C@]12C. The first-order valence-electron chi connectivity index (χ1n) is 18.7. The molecule has 0 heterocycles. The fourth-order valence-corrected chi connectivity index (χ4v) is 11.3. The number of benzene rings is 3. The molecule has 0 radical (unpaired) electrons. The normalized spacial score (nSPS) is 33.1. The van der Waals surface area contributed by atoms with E-state index < -0.39 is 0 Å². The molecule has 3 fully saturated rings. The van der Waals surface area contributed by atoms with Gasteiger partial charge in [0.05, 0.1) is 0 Å². The molecule has 0 amide bonds. The summed E-state index contributed by atoms with van der Waals surface area (Å²) in [6, 6.07) is 19.1. The van der Waals surface area contributed by atoms with Crippen molar-refractivity contribution < 1.29 is 9.53 Å². The molecule has 0 unspecified atom stereocenters. The molecule has 8 atom stereocenters. The van der Waals surface area contributed by atoms with E-state index in [1.54, 1.807) is 11.6 Å². The Hall–Kier alpha value is -2.87. The molecule has 0 spiro atoms. The maximum atomic E-state index is 13.2. The van der Waals surface area contributed by atoms with Crippen molar-refractivity contribution in [3.63, 3.8) is 0 Å². The van der Waals surface area contributed by atoms with Crippen LogP contribution in [0.2, 0.25) is 0 Å². The van der Waals surface area contributed by atoms with E-state index in [-0.39, 0.29) is 17.5 Å². The Kier molecular flexibility index (Phi) is 8.71. The highest BCUT2D eigenvalue weighted by atomic mass is 16.5. The van der Waals surface area contributed by atoms with E-state index in [9.17, 15) is 4.79 Å². The summed E-state index contributed by atoms with van der Waals surface area (Å²) in [6.45, 7) is 12.6. The zero-order chi connectivity index (χ0) is 32.1. The number of ether oxygens (including phenoxy) is 1. The lowest BCUT2D eigenvalue weighted by molar-refractivity contribution is -0.145. The van der Waals surface area contributed by atoms with E-state index in [2.05, 4.69) is 95.3 Å². The molecule has 0 saturated heterocycles. The molecule has 3 aromatic carbocycles. The largest absolute Gasteiger partial charge is 0.459 e. The molecule has 3 saturated carbocycles. The molecule has 4 aliphatic carbocycles. The fourth-order valence-electron chi connectivity index (χ4n) is 11.3. The minimum absolute atomic E-state index is 0.0197. The smallest absolute Gasteiger partial charge is 0.331 e. The molecule has 0 aromatic heterocycles. The van der Waals surface area contributed by atoms with E-state index >= 15 is 0 Å². The molecule has 46 heavy (non-hydrogen) atoms. The van der Waals surface area contributed by atoms with Crippen LogP contribution in [0.4, 0.5) is 0 Å². The quantitative estimate of drug-likeness (QED) is 0.109. The zero-order valence-electron chi connectivity index (χ0n) is 29.1. The van der Waals surface area contributed by atoms with Gasteiger partial charge in [-0.3, -0.25) is 0 Å². The number of esters is 1. The Morgan fingerprint density at radius 3 is 2.33 bits per heavy atom. The lowest BCUT2D eigenvalue weighted by atomic mass is 9.47. The molecule has 0 N–H and O–H groups in total. The number of hydrogen-bond donors (Lipinski definition) is 0. The summed E-state index contributed by atoms with van der Waals surface area (Å²) in [5, 5.41) is 4.71. The highest BCUT2D eigenvalue weighted by molar-refractivity contribution is 6.08. The molecule has 0 aliphatic heterocycles. The van der Waals surface area contributed by atoms with Gasteiger partial charge in [-0.25, -0.2) is 4.79 Å². The Morgan fingerprint density at radius 1 is 0.891 bits per heavy atom. The first-order chi connectivity index (χ1) is 22.2. The number of carbonyl (C=O) groups excluding carboxylic acids is 1. The topological polar surface area (TPSA) is 26.3 Å². The number of rotatable bonds is 8. The molecule has 3 aromatic rings. The highest BCUT2D eigenvalue weighted by Crippen LogP contribution is 2.67. The molecule has 2 heteroatoms. The van der Waals surface area contributed by atoms with Crippen LogP contribution in [-0.2, 0) is 9.53 Å². The third-order valence-corrected chi connectivity index (χ3v) is 13.7. The predicted octanol–water partition coefficient (Wildman–Crippen LogP) is 12.0. The molecule has 2 nitrogen and oxygen atoms in total. The van der Waals surface area contributed by atoms with Gasteiger partial charge in [0.25, 0.3) is 0 Å². The molecule has 4 aliphatic rings. The summed E-state index contributed by atoms with van der Waals surface area (Å²) in [4.78, 5) is 13.2. The van der Waals surface area contributed by atoms with Crippen molar-refractivity contribution in [3.8, 4) is 0 Å². The Labute approximate surface area is 278 Å². The summed E-state index contributed by atoms with van der Waals surface area (Å²) in [7, 11) is 0. The van der Waals surface area contributed by atoms with Gasteiger partial charge < -0.3 is 4.74 Å². The van der Waals surface area contributed by atoms with E-state index in [1.165, 1.54) is 72.9 Å². The molecular weight excluding hydrogens is 560 g/mol. The summed E-state index contributed by atoms with van der Waals surface area (Å²) in [5.41, 5.74) is 3.47. The predicted molar refractivity (Wildman–Crippen MR) is 193 cm³/mol. The van der Waals surface area contributed by atoms with Gasteiger partial charge in [0.1, 0.15) is 6.10 Å². The van der Waals surface area contributed by atoms with Gasteiger partial charge in [-0.05, 0) is 131 Å². The van der Waals surface area contributed by atoms with Gasteiger partial charge in [-0.1, -0.05) is 114 Å². The summed E-state index contributed by atoms with van der Waals surface area (Å²) in [6.07, 6.45) is 20.4. The summed E-state index contributed by atoms with van der Waals surface area (Å²) >= 11 is 0. The monoisotopic (exact) mass is 616 g/mol. The summed E-state index contributed by atoms with van der Waals surface area (Å²) < 4.78 is 6.17. The van der Waals surface area contributed by atoms with Crippen molar-refractivity contribution in [2.45, 2.75) is 111 Å². The second-order valence-electron chi connectivity index (χ2n) is 16.7. The maximum Gasteiger partial charge on any atom is 0.331 e. The third kappa shape index (κ3) is 5.67. The average molecular weight is 617 g/mol. The van der Waals surface area contributed by atoms with Crippen LogP contribution in [0.5, 0.6) is 0 Å². The average Bonchev–Trinajstić information content (AvgIpc) is 3.40.